The monoisotopic (exact) mass is 397 g/mol. The lowest BCUT2D eigenvalue weighted by Crippen LogP contribution is -2.56. The summed E-state index contributed by atoms with van der Waals surface area (Å²) in [5, 5.41) is 11.3. The molecule has 3 aliphatic carbocycles. The van der Waals surface area contributed by atoms with Crippen LogP contribution in [-0.4, -0.2) is 42.5 Å². The molecule has 0 aromatic heterocycles. The van der Waals surface area contributed by atoms with E-state index in [0.29, 0.717) is 36.3 Å². The number of allylic oxidation sites excluding steroid dienone is 1. The maximum absolute atomic E-state index is 12.7. The fourth-order valence-electron chi connectivity index (χ4n) is 6.19. The highest BCUT2D eigenvalue weighted by atomic mass is 16.5. The van der Waals surface area contributed by atoms with Gasteiger partial charge >= 0.3 is 0 Å². The molecule has 4 heteroatoms. The minimum Gasteiger partial charge on any atom is -0.504 e. The first kappa shape index (κ1) is 20.5. The van der Waals surface area contributed by atoms with E-state index in [1.165, 1.54) is 18.4 Å². The van der Waals surface area contributed by atoms with Crippen molar-refractivity contribution in [3.8, 4) is 11.5 Å². The third-order valence-electron chi connectivity index (χ3n) is 7.82. The van der Waals surface area contributed by atoms with E-state index in [1.807, 2.05) is 13.0 Å². The second-order valence-corrected chi connectivity index (χ2v) is 9.63. The molecule has 4 rings (SSSR count). The summed E-state index contributed by atoms with van der Waals surface area (Å²) in [6.45, 7) is 9.55. The number of rotatable bonds is 6. The van der Waals surface area contributed by atoms with Crippen LogP contribution in [0, 0.1) is 11.8 Å². The largest absolute Gasteiger partial charge is 0.504 e. The third kappa shape index (κ3) is 3.30. The Kier molecular flexibility index (Phi) is 5.27. The van der Waals surface area contributed by atoms with Gasteiger partial charge in [0.2, 0.25) is 0 Å². The number of benzene rings is 1. The number of carbonyl (C=O) groups excluding carboxylic acids is 1. The predicted molar refractivity (Wildman–Crippen MR) is 117 cm³/mol. The van der Waals surface area contributed by atoms with E-state index in [9.17, 15) is 9.90 Å². The minimum absolute atomic E-state index is 0.234. The molecular formula is C25H35NO3. The van der Waals surface area contributed by atoms with E-state index >= 15 is 0 Å². The zero-order chi connectivity index (χ0) is 20.9. The lowest BCUT2D eigenvalue weighted by molar-refractivity contribution is -0.125. The molecule has 0 heterocycles. The molecule has 2 saturated carbocycles. The number of fused-ring (bicyclic) bond motifs is 3. The number of likely N-dealkylation sites (N-methyl/N-ethyl adjacent to an activating group) is 1. The Hall–Kier alpha value is -1.81. The summed E-state index contributed by atoms with van der Waals surface area (Å²) in [6, 6.07) is 2.32. The summed E-state index contributed by atoms with van der Waals surface area (Å²) in [7, 11) is 3.86. The molecule has 0 spiro atoms. The van der Waals surface area contributed by atoms with Crippen LogP contribution in [-0.2, 0) is 16.6 Å². The number of hydrogen-bond acceptors (Lipinski definition) is 4. The number of aromatic hydroxyl groups is 1. The topological polar surface area (TPSA) is 49.8 Å². The predicted octanol–water partition coefficient (Wildman–Crippen LogP) is 4.72. The van der Waals surface area contributed by atoms with Crippen molar-refractivity contribution in [2.75, 3.05) is 20.7 Å². The molecule has 1 aromatic carbocycles. The molecule has 2 fully saturated rings. The van der Waals surface area contributed by atoms with Crippen molar-refractivity contribution in [3.63, 3.8) is 0 Å². The van der Waals surface area contributed by atoms with Crippen LogP contribution in [0.25, 0.3) is 5.57 Å². The third-order valence-corrected chi connectivity index (χ3v) is 7.82. The molecule has 4 nitrogen and oxygen atoms in total. The van der Waals surface area contributed by atoms with Gasteiger partial charge in [0.1, 0.15) is 5.78 Å². The fraction of sp³-hybridized carbons (Fsp3) is 0.640. The highest BCUT2D eigenvalue weighted by Crippen LogP contribution is 2.57. The number of hydrogen-bond donors (Lipinski definition) is 1. The summed E-state index contributed by atoms with van der Waals surface area (Å²) < 4.78 is 5.55. The van der Waals surface area contributed by atoms with Gasteiger partial charge in [-0.1, -0.05) is 19.1 Å². The van der Waals surface area contributed by atoms with Crippen molar-refractivity contribution in [2.45, 2.75) is 70.3 Å². The van der Waals surface area contributed by atoms with Crippen LogP contribution in [0.2, 0.25) is 0 Å². The summed E-state index contributed by atoms with van der Waals surface area (Å²) in [4.78, 5) is 15.2. The van der Waals surface area contributed by atoms with E-state index in [2.05, 4.69) is 25.5 Å². The zero-order valence-corrected chi connectivity index (χ0v) is 18.4. The van der Waals surface area contributed by atoms with Gasteiger partial charge in [-0.25, -0.2) is 0 Å². The SMILES string of the molecule is C=C(C)c1cc(OC)c(O)c2c1CC(N(C)CC1CC1)C1CCC(=O)C[C@@]21CC. The molecule has 158 valence electrons. The summed E-state index contributed by atoms with van der Waals surface area (Å²) in [6.07, 6.45) is 6.51. The van der Waals surface area contributed by atoms with Crippen molar-refractivity contribution in [3.05, 3.63) is 29.3 Å². The van der Waals surface area contributed by atoms with Crippen LogP contribution in [0.3, 0.4) is 0 Å². The summed E-state index contributed by atoms with van der Waals surface area (Å²) >= 11 is 0. The molecule has 0 bridgehead atoms. The first-order chi connectivity index (χ1) is 13.8. The van der Waals surface area contributed by atoms with Gasteiger partial charge < -0.3 is 14.7 Å². The summed E-state index contributed by atoms with van der Waals surface area (Å²) in [5.41, 5.74) is 3.87. The number of ketones is 1. The van der Waals surface area contributed by atoms with Gasteiger partial charge in [0.05, 0.1) is 7.11 Å². The number of carbonyl (C=O) groups is 1. The van der Waals surface area contributed by atoms with Crippen LogP contribution >= 0.6 is 0 Å². The van der Waals surface area contributed by atoms with Crippen molar-refractivity contribution >= 4 is 11.4 Å². The minimum atomic E-state index is -0.325. The maximum Gasteiger partial charge on any atom is 0.161 e. The smallest absolute Gasteiger partial charge is 0.161 e. The van der Waals surface area contributed by atoms with Gasteiger partial charge in [-0.2, -0.15) is 0 Å². The van der Waals surface area contributed by atoms with Crippen molar-refractivity contribution in [2.24, 2.45) is 11.8 Å². The second-order valence-electron chi connectivity index (χ2n) is 9.63. The van der Waals surface area contributed by atoms with Crippen LogP contribution in [0.4, 0.5) is 0 Å². The highest BCUT2D eigenvalue weighted by molar-refractivity contribution is 5.83. The van der Waals surface area contributed by atoms with E-state index < -0.39 is 0 Å². The Balaban J connectivity index is 1.93. The van der Waals surface area contributed by atoms with E-state index in [1.54, 1.807) is 7.11 Å². The molecule has 2 unspecified atom stereocenters. The Morgan fingerprint density at radius 3 is 2.69 bits per heavy atom. The Labute approximate surface area is 174 Å². The van der Waals surface area contributed by atoms with E-state index in [-0.39, 0.29) is 11.2 Å². The molecule has 0 radical (unpaired) electrons. The first-order valence-corrected chi connectivity index (χ1v) is 11.1. The van der Waals surface area contributed by atoms with Crippen LogP contribution in [0.1, 0.15) is 69.1 Å². The molecule has 29 heavy (non-hydrogen) atoms. The van der Waals surface area contributed by atoms with Crippen LogP contribution in [0.15, 0.2) is 12.6 Å². The van der Waals surface area contributed by atoms with Gasteiger partial charge in [-0.05, 0) is 75.1 Å². The van der Waals surface area contributed by atoms with Crippen molar-refractivity contribution in [1.29, 1.82) is 0 Å². The quantitative estimate of drug-likeness (QED) is 0.755. The molecule has 3 aliphatic rings. The molecule has 1 N–H and O–H groups in total. The average Bonchev–Trinajstić information content (AvgIpc) is 3.50. The van der Waals surface area contributed by atoms with Crippen molar-refractivity contribution < 1.29 is 14.6 Å². The molecule has 0 amide bonds. The normalized spacial score (nSPS) is 28.8. The van der Waals surface area contributed by atoms with Gasteiger partial charge in [0, 0.05) is 36.4 Å². The summed E-state index contributed by atoms with van der Waals surface area (Å²) in [5.74, 6) is 2.25. The molecule has 0 aliphatic heterocycles. The Morgan fingerprint density at radius 1 is 1.38 bits per heavy atom. The number of ether oxygens (including phenoxy) is 1. The van der Waals surface area contributed by atoms with Gasteiger partial charge in [0.15, 0.2) is 11.5 Å². The van der Waals surface area contributed by atoms with Gasteiger partial charge in [-0.3, -0.25) is 4.79 Å². The van der Waals surface area contributed by atoms with Gasteiger partial charge in [0.25, 0.3) is 0 Å². The van der Waals surface area contributed by atoms with Gasteiger partial charge in [-0.15, -0.1) is 0 Å². The molecule has 0 saturated heterocycles. The molecule has 3 atom stereocenters. The standard InChI is InChI=1S/C25H35NO3/c1-6-25-13-17(27)9-10-20(25)21(26(4)14-16-7-8-16)11-19-18(15(2)3)12-22(29-5)24(28)23(19)25/h12,16,20-21,28H,2,6-11,13-14H2,1,3-5H3/t20?,21?,25-/m1/s1. The first-order valence-electron chi connectivity index (χ1n) is 11.1. The molecule has 1 aromatic rings. The lowest BCUT2D eigenvalue weighted by Gasteiger charge is -2.54. The Morgan fingerprint density at radius 2 is 2.10 bits per heavy atom. The number of Topliss-reactive ketones (excluding diaryl/α,β-unsaturated/α-hetero) is 1. The second kappa shape index (κ2) is 7.46. The number of methoxy groups -OCH3 is 1. The lowest BCUT2D eigenvalue weighted by atomic mass is 9.53. The molecular weight excluding hydrogens is 362 g/mol. The number of phenolic OH excluding ortho intramolecular Hbond substituents is 1. The fourth-order valence-corrected chi connectivity index (χ4v) is 6.19. The number of phenols is 1. The van der Waals surface area contributed by atoms with Crippen molar-refractivity contribution in [1.82, 2.24) is 4.90 Å². The highest BCUT2D eigenvalue weighted by Gasteiger charge is 2.54. The van der Waals surface area contributed by atoms with Crippen LogP contribution < -0.4 is 4.74 Å². The average molecular weight is 398 g/mol. The van der Waals surface area contributed by atoms with Crippen LogP contribution in [0.5, 0.6) is 11.5 Å². The van der Waals surface area contributed by atoms with E-state index in [0.717, 1.165) is 48.4 Å². The Bertz CT molecular complexity index is 841. The number of nitrogens with zero attached hydrogens (tertiary/aromatic N) is 1. The van der Waals surface area contributed by atoms with E-state index in [4.69, 9.17) is 4.74 Å². The maximum atomic E-state index is 12.7. The zero-order valence-electron chi connectivity index (χ0n) is 18.4.